The van der Waals surface area contributed by atoms with Gasteiger partial charge in [-0.2, -0.15) is 4.31 Å². The first-order valence-corrected chi connectivity index (χ1v) is 10.2. The third-order valence-electron chi connectivity index (χ3n) is 5.19. The van der Waals surface area contributed by atoms with Gasteiger partial charge in [0.1, 0.15) is 5.82 Å². The maximum Gasteiger partial charge on any atom is 0.262 e. The van der Waals surface area contributed by atoms with Gasteiger partial charge in [-0.25, -0.2) is 23.4 Å². The summed E-state index contributed by atoms with van der Waals surface area (Å²) < 4.78 is 28.6. The molecule has 0 aliphatic carbocycles. The van der Waals surface area contributed by atoms with Crippen molar-refractivity contribution in [3.05, 3.63) is 30.5 Å². The summed E-state index contributed by atoms with van der Waals surface area (Å²) in [5.74, 6) is 1.45. The summed E-state index contributed by atoms with van der Waals surface area (Å²) in [5.41, 5.74) is 0. The van der Waals surface area contributed by atoms with E-state index < -0.39 is 10.0 Å². The first-order valence-electron chi connectivity index (χ1n) is 8.71. The van der Waals surface area contributed by atoms with Gasteiger partial charge in [-0.1, -0.05) is 0 Å². The topological polar surface area (TPSA) is 87.5 Å². The fourth-order valence-electron chi connectivity index (χ4n) is 3.37. The molecule has 0 unspecified atom stereocenters. The molecule has 0 aromatic carbocycles. The van der Waals surface area contributed by atoms with Crippen molar-refractivity contribution in [3.8, 4) is 0 Å². The average Bonchev–Trinajstić information content (AvgIpc) is 2.95. The van der Waals surface area contributed by atoms with Gasteiger partial charge in [0.2, 0.25) is 5.95 Å². The van der Waals surface area contributed by atoms with Gasteiger partial charge in [-0.15, -0.1) is 0 Å². The van der Waals surface area contributed by atoms with E-state index >= 15 is 0 Å². The highest BCUT2D eigenvalue weighted by Crippen LogP contribution is 2.25. The van der Waals surface area contributed by atoms with E-state index in [4.69, 9.17) is 0 Å². The molecule has 0 amide bonds. The summed E-state index contributed by atoms with van der Waals surface area (Å²) in [6, 6.07) is 2.08. The van der Waals surface area contributed by atoms with Crippen LogP contribution in [-0.2, 0) is 17.1 Å². The van der Waals surface area contributed by atoms with Gasteiger partial charge in [-0.3, -0.25) is 4.90 Å². The van der Waals surface area contributed by atoms with Crippen LogP contribution in [0.1, 0.15) is 5.82 Å². The molecule has 2 aromatic heterocycles. The number of hydrogen-bond donors (Lipinski definition) is 0. The number of imidazole rings is 1. The Hall–Kier alpha value is -2.04. The van der Waals surface area contributed by atoms with Crippen LogP contribution in [0.4, 0.5) is 5.95 Å². The van der Waals surface area contributed by atoms with Gasteiger partial charge in [0.05, 0.1) is 0 Å². The van der Waals surface area contributed by atoms with Crippen molar-refractivity contribution in [3.63, 3.8) is 0 Å². The van der Waals surface area contributed by atoms with Crippen molar-refractivity contribution in [2.75, 3.05) is 44.2 Å². The Kier molecular flexibility index (Phi) is 4.41. The number of anilines is 1. The van der Waals surface area contributed by atoms with Crippen LogP contribution in [-0.4, -0.2) is 82.5 Å². The molecule has 2 aliphatic heterocycles. The number of nitrogens with zero attached hydrogens (tertiary/aromatic N) is 7. The second kappa shape index (κ2) is 6.60. The van der Waals surface area contributed by atoms with E-state index in [1.165, 1.54) is 4.31 Å². The molecule has 0 radical (unpaired) electrons. The van der Waals surface area contributed by atoms with Crippen LogP contribution in [0, 0.1) is 6.92 Å². The number of piperazine rings is 1. The minimum absolute atomic E-state index is 0.141. The molecule has 2 saturated heterocycles. The van der Waals surface area contributed by atoms with Crippen molar-refractivity contribution < 1.29 is 8.42 Å². The monoisotopic (exact) mass is 377 g/mol. The molecule has 0 spiro atoms. The van der Waals surface area contributed by atoms with Crippen molar-refractivity contribution in [1.29, 1.82) is 0 Å². The van der Waals surface area contributed by atoms with Gasteiger partial charge in [0, 0.05) is 70.9 Å². The zero-order valence-electron chi connectivity index (χ0n) is 15.0. The third-order valence-corrected chi connectivity index (χ3v) is 6.89. The summed E-state index contributed by atoms with van der Waals surface area (Å²) in [4.78, 5) is 17.3. The predicted molar refractivity (Wildman–Crippen MR) is 96.3 cm³/mol. The lowest BCUT2D eigenvalue weighted by Crippen LogP contribution is -2.64. The Morgan fingerprint density at radius 1 is 1.08 bits per heavy atom. The molecule has 10 heteroatoms. The Labute approximate surface area is 153 Å². The fraction of sp³-hybridized carbons (Fsp3) is 0.562. The lowest BCUT2D eigenvalue weighted by Gasteiger charge is -2.47. The van der Waals surface area contributed by atoms with E-state index in [9.17, 15) is 8.42 Å². The van der Waals surface area contributed by atoms with Gasteiger partial charge in [-0.05, 0) is 13.0 Å². The van der Waals surface area contributed by atoms with E-state index in [0.29, 0.717) is 18.9 Å². The lowest BCUT2D eigenvalue weighted by atomic mass is 10.1. The molecule has 0 saturated carbocycles. The number of rotatable bonds is 4. The fourth-order valence-corrected chi connectivity index (χ4v) is 4.91. The molecule has 4 heterocycles. The summed E-state index contributed by atoms with van der Waals surface area (Å²) in [6.07, 6.45) is 5.09. The predicted octanol–water partition coefficient (Wildman–Crippen LogP) is -0.286. The molecule has 9 nitrogen and oxygen atoms in total. The number of aromatic nitrogens is 4. The average molecular weight is 377 g/mol. The zero-order chi connectivity index (χ0) is 18.3. The molecule has 140 valence electrons. The van der Waals surface area contributed by atoms with Gasteiger partial charge in [0.25, 0.3) is 10.0 Å². The molecule has 0 N–H and O–H groups in total. The molecule has 4 rings (SSSR count). The van der Waals surface area contributed by atoms with E-state index in [1.54, 1.807) is 37.1 Å². The number of sulfonamides is 1. The van der Waals surface area contributed by atoms with Crippen LogP contribution in [0.2, 0.25) is 0 Å². The molecule has 2 aromatic rings. The van der Waals surface area contributed by atoms with Crippen LogP contribution in [0.5, 0.6) is 0 Å². The summed E-state index contributed by atoms with van der Waals surface area (Å²) >= 11 is 0. The summed E-state index contributed by atoms with van der Waals surface area (Å²) in [5, 5.41) is 0.141. The smallest absolute Gasteiger partial charge is 0.262 e. The Bertz CT molecular complexity index is 850. The highest BCUT2D eigenvalue weighted by Gasteiger charge is 2.41. The maximum absolute atomic E-state index is 12.7. The van der Waals surface area contributed by atoms with Gasteiger partial charge >= 0.3 is 0 Å². The minimum atomic E-state index is -3.48. The molecule has 2 fully saturated rings. The van der Waals surface area contributed by atoms with Crippen LogP contribution in [0.15, 0.2) is 29.7 Å². The molecule has 26 heavy (non-hydrogen) atoms. The van der Waals surface area contributed by atoms with E-state index in [1.807, 2.05) is 6.07 Å². The van der Waals surface area contributed by atoms with Crippen LogP contribution in [0.3, 0.4) is 0 Å². The first-order chi connectivity index (χ1) is 12.4. The first kappa shape index (κ1) is 17.4. The number of hydrogen-bond acceptors (Lipinski definition) is 7. The van der Waals surface area contributed by atoms with Crippen LogP contribution < -0.4 is 4.90 Å². The Balaban J connectivity index is 1.33. The number of aryl methyl sites for hydroxylation is 2. The molecular formula is C16H23N7O2S. The normalized spacial score (nSPS) is 20.3. The quantitative estimate of drug-likeness (QED) is 0.724. The lowest BCUT2D eigenvalue weighted by molar-refractivity contribution is 0.0824. The maximum atomic E-state index is 12.7. The summed E-state index contributed by atoms with van der Waals surface area (Å²) in [6.45, 7) is 6.34. The van der Waals surface area contributed by atoms with Crippen LogP contribution in [0.25, 0.3) is 0 Å². The van der Waals surface area contributed by atoms with Crippen molar-refractivity contribution in [2.24, 2.45) is 7.05 Å². The third kappa shape index (κ3) is 3.08. The van der Waals surface area contributed by atoms with E-state index in [0.717, 1.165) is 32.1 Å². The minimum Gasteiger partial charge on any atom is -0.338 e. The second-order valence-electron chi connectivity index (χ2n) is 6.78. The molecule has 0 atom stereocenters. The standard InChI is InChI=1S/C16H23N7O2S/c1-13-19-15(12-20(13)2)26(24,25)23-10-14(11-23)21-6-8-22(9-7-21)16-17-4-3-5-18-16/h3-5,12,14H,6-11H2,1-2H3. The van der Waals surface area contributed by atoms with Gasteiger partial charge in [0.15, 0.2) is 5.03 Å². The largest absolute Gasteiger partial charge is 0.338 e. The molecule has 0 bridgehead atoms. The van der Waals surface area contributed by atoms with Gasteiger partial charge < -0.3 is 9.47 Å². The molecular weight excluding hydrogens is 354 g/mol. The highest BCUT2D eigenvalue weighted by atomic mass is 32.2. The second-order valence-corrected chi connectivity index (χ2v) is 8.67. The highest BCUT2D eigenvalue weighted by molar-refractivity contribution is 7.89. The Morgan fingerprint density at radius 2 is 1.73 bits per heavy atom. The zero-order valence-corrected chi connectivity index (χ0v) is 15.8. The van der Waals surface area contributed by atoms with E-state index in [2.05, 4.69) is 24.8 Å². The van der Waals surface area contributed by atoms with Crippen LogP contribution >= 0.6 is 0 Å². The van der Waals surface area contributed by atoms with Crippen molar-refractivity contribution in [1.82, 2.24) is 28.7 Å². The SMILES string of the molecule is Cc1nc(S(=O)(=O)N2CC(N3CCN(c4ncccn4)CC3)C2)cn1C. The summed E-state index contributed by atoms with van der Waals surface area (Å²) in [7, 11) is -1.68. The van der Waals surface area contributed by atoms with E-state index in [-0.39, 0.29) is 11.1 Å². The molecule has 2 aliphatic rings. The van der Waals surface area contributed by atoms with Crippen molar-refractivity contribution in [2.45, 2.75) is 18.0 Å². The Morgan fingerprint density at radius 3 is 2.31 bits per heavy atom. The van der Waals surface area contributed by atoms with Crippen molar-refractivity contribution >= 4 is 16.0 Å².